The highest BCUT2D eigenvalue weighted by Crippen LogP contribution is 2.30. The molecule has 0 radical (unpaired) electrons. The summed E-state index contributed by atoms with van der Waals surface area (Å²) in [6.07, 6.45) is 2.68. The Morgan fingerprint density at radius 3 is 2.50 bits per heavy atom. The lowest BCUT2D eigenvalue weighted by molar-refractivity contribution is 0.228. The summed E-state index contributed by atoms with van der Waals surface area (Å²) in [6.45, 7) is 5.79. The van der Waals surface area contributed by atoms with Crippen LogP contribution in [0.25, 0.3) is 0 Å². The molecule has 0 bridgehead atoms. The zero-order chi connectivity index (χ0) is 9.19. The van der Waals surface area contributed by atoms with E-state index in [-0.39, 0.29) is 5.41 Å². The highest BCUT2D eigenvalue weighted by molar-refractivity contribution is 4.79. The minimum absolute atomic E-state index is 0.227. The smallest absolute Gasteiger partial charge is 0.189 e. The third-order valence-corrected chi connectivity index (χ3v) is 1.57. The van der Waals surface area contributed by atoms with E-state index in [0.717, 1.165) is 0 Å². The van der Waals surface area contributed by atoms with Gasteiger partial charge in [0.2, 0.25) is 0 Å². The highest BCUT2D eigenvalue weighted by atomic mass is 16.3. The molecule has 0 saturated heterocycles. The van der Waals surface area contributed by atoms with Crippen molar-refractivity contribution in [1.82, 2.24) is 15.0 Å². The fraction of sp³-hybridized carbons (Fsp3) is 0.714. The molecule has 1 atom stereocenters. The Kier molecular flexibility index (Phi) is 2.21. The van der Waals surface area contributed by atoms with Crippen molar-refractivity contribution in [3.8, 4) is 0 Å². The van der Waals surface area contributed by atoms with E-state index in [0.29, 0.717) is 0 Å². The molecule has 1 aromatic heterocycles. The van der Waals surface area contributed by atoms with E-state index in [1.165, 1.54) is 10.9 Å². The number of hydrogen-bond acceptors (Lipinski definition) is 4. The van der Waals surface area contributed by atoms with E-state index in [2.05, 4.69) is 15.5 Å². The van der Waals surface area contributed by atoms with Gasteiger partial charge < -0.3 is 0 Å². The molecule has 0 fully saturated rings. The van der Waals surface area contributed by atoms with Crippen LogP contribution >= 0.6 is 0 Å². The predicted octanol–water partition coefficient (Wildman–Crippen LogP) is 1.59. The van der Waals surface area contributed by atoms with Crippen LogP contribution in [0.1, 0.15) is 26.9 Å². The first-order valence-electron chi connectivity index (χ1n) is 3.74. The third kappa shape index (κ3) is 1.66. The van der Waals surface area contributed by atoms with Gasteiger partial charge in [-0.3, -0.25) is 0 Å². The van der Waals surface area contributed by atoms with E-state index in [9.17, 15) is 4.91 Å². The number of hydrogen-bond donors (Lipinski definition) is 0. The van der Waals surface area contributed by atoms with Gasteiger partial charge in [0.05, 0.1) is 6.20 Å². The Morgan fingerprint density at radius 2 is 2.17 bits per heavy atom. The van der Waals surface area contributed by atoms with Crippen LogP contribution in [-0.4, -0.2) is 15.0 Å². The second kappa shape index (κ2) is 3.00. The van der Waals surface area contributed by atoms with Crippen LogP contribution in [0.15, 0.2) is 17.6 Å². The first kappa shape index (κ1) is 8.83. The standard InChI is InChI=1S/C7H12N4O/c1-7(2,3)6(9-12)11-5-4-8-10-11/h4-6H,1-3H3. The number of rotatable bonds is 2. The average molecular weight is 168 g/mol. The van der Waals surface area contributed by atoms with Gasteiger partial charge in [0, 0.05) is 11.6 Å². The van der Waals surface area contributed by atoms with Crippen LogP contribution in [0.4, 0.5) is 0 Å². The molecule has 0 aromatic carbocycles. The maximum absolute atomic E-state index is 10.5. The van der Waals surface area contributed by atoms with Crippen molar-refractivity contribution >= 4 is 0 Å². The first-order valence-corrected chi connectivity index (χ1v) is 3.74. The summed E-state index contributed by atoms with van der Waals surface area (Å²) in [4.78, 5) is 10.5. The van der Waals surface area contributed by atoms with Gasteiger partial charge in [-0.2, -0.15) is 0 Å². The van der Waals surface area contributed by atoms with Gasteiger partial charge in [-0.05, 0) is 5.18 Å². The van der Waals surface area contributed by atoms with E-state index in [4.69, 9.17) is 0 Å². The lowest BCUT2D eigenvalue weighted by atomic mass is 9.93. The molecular formula is C7H12N4O. The van der Waals surface area contributed by atoms with Crippen molar-refractivity contribution in [3.63, 3.8) is 0 Å². The molecule has 1 heterocycles. The molecule has 0 aliphatic rings. The van der Waals surface area contributed by atoms with Crippen molar-refractivity contribution < 1.29 is 0 Å². The molecule has 0 spiro atoms. The second-order valence-electron chi connectivity index (χ2n) is 3.73. The largest absolute Gasteiger partial charge is 0.224 e. The Morgan fingerprint density at radius 1 is 1.50 bits per heavy atom. The molecule has 66 valence electrons. The molecule has 0 aliphatic carbocycles. The molecule has 5 heteroatoms. The van der Waals surface area contributed by atoms with Gasteiger partial charge in [-0.1, -0.05) is 26.0 Å². The van der Waals surface area contributed by atoms with Gasteiger partial charge in [0.1, 0.15) is 0 Å². The van der Waals surface area contributed by atoms with Crippen LogP contribution in [0.3, 0.4) is 0 Å². The van der Waals surface area contributed by atoms with Gasteiger partial charge in [-0.15, -0.1) is 10.0 Å². The summed E-state index contributed by atoms with van der Waals surface area (Å²) in [5.41, 5.74) is -0.227. The molecule has 1 aromatic rings. The molecule has 12 heavy (non-hydrogen) atoms. The van der Waals surface area contributed by atoms with Crippen molar-refractivity contribution in [2.75, 3.05) is 0 Å². The fourth-order valence-corrected chi connectivity index (χ4v) is 0.951. The van der Waals surface area contributed by atoms with E-state index >= 15 is 0 Å². The summed E-state index contributed by atoms with van der Waals surface area (Å²) in [5, 5.41) is 10.4. The van der Waals surface area contributed by atoms with Crippen LogP contribution < -0.4 is 0 Å². The van der Waals surface area contributed by atoms with Crippen molar-refractivity contribution in [2.45, 2.75) is 26.9 Å². The first-order chi connectivity index (χ1) is 5.55. The third-order valence-electron chi connectivity index (χ3n) is 1.57. The molecule has 1 unspecified atom stereocenters. The van der Waals surface area contributed by atoms with Gasteiger partial charge in [0.25, 0.3) is 0 Å². The van der Waals surface area contributed by atoms with Crippen LogP contribution in [0, 0.1) is 10.3 Å². The average Bonchev–Trinajstić information content (AvgIpc) is 2.38. The Labute approximate surface area is 70.7 Å². The quantitative estimate of drug-likeness (QED) is 0.630. The van der Waals surface area contributed by atoms with Crippen LogP contribution in [-0.2, 0) is 0 Å². The minimum atomic E-state index is -0.486. The van der Waals surface area contributed by atoms with Crippen LogP contribution in [0.2, 0.25) is 0 Å². The van der Waals surface area contributed by atoms with Gasteiger partial charge >= 0.3 is 0 Å². The lowest BCUT2D eigenvalue weighted by Gasteiger charge is -2.23. The lowest BCUT2D eigenvalue weighted by Crippen LogP contribution is -2.22. The number of nitrogens with zero attached hydrogens (tertiary/aromatic N) is 4. The van der Waals surface area contributed by atoms with E-state index < -0.39 is 6.17 Å². The van der Waals surface area contributed by atoms with Crippen molar-refractivity contribution in [1.29, 1.82) is 0 Å². The van der Waals surface area contributed by atoms with E-state index in [1.54, 1.807) is 6.20 Å². The van der Waals surface area contributed by atoms with Gasteiger partial charge in [-0.25, -0.2) is 4.68 Å². The Balaban J connectivity index is 2.91. The highest BCUT2D eigenvalue weighted by Gasteiger charge is 2.27. The number of aromatic nitrogens is 3. The molecule has 5 nitrogen and oxygen atoms in total. The molecular weight excluding hydrogens is 156 g/mol. The van der Waals surface area contributed by atoms with E-state index in [1.807, 2.05) is 20.8 Å². The second-order valence-corrected chi connectivity index (χ2v) is 3.73. The van der Waals surface area contributed by atoms with Gasteiger partial charge in [0.15, 0.2) is 6.17 Å². The fourth-order valence-electron chi connectivity index (χ4n) is 0.951. The zero-order valence-corrected chi connectivity index (χ0v) is 7.43. The summed E-state index contributed by atoms with van der Waals surface area (Å²) in [6, 6.07) is 0. The monoisotopic (exact) mass is 168 g/mol. The zero-order valence-electron chi connectivity index (χ0n) is 7.43. The predicted molar refractivity (Wildman–Crippen MR) is 44.3 cm³/mol. The molecule has 0 aliphatic heterocycles. The summed E-state index contributed by atoms with van der Waals surface area (Å²) in [7, 11) is 0. The molecule has 0 amide bonds. The summed E-state index contributed by atoms with van der Waals surface area (Å²) < 4.78 is 1.47. The summed E-state index contributed by atoms with van der Waals surface area (Å²) >= 11 is 0. The minimum Gasteiger partial charge on any atom is -0.224 e. The molecule has 0 N–H and O–H groups in total. The van der Waals surface area contributed by atoms with Crippen molar-refractivity contribution in [2.24, 2.45) is 10.6 Å². The van der Waals surface area contributed by atoms with Crippen LogP contribution in [0.5, 0.6) is 0 Å². The normalized spacial score (nSPS) is 14.2. The molecule has 0 saturated carbocycles. The maximum atomic E-state index is 10.5. The SMILES string of the molecule is CC(C)(C)C(N=O)n1ccnn1. The summed E-state index contributed by atoms with van der Waals surface area (Å²) in [5.74, 6) is 0. The maximum Gasteiger partial charge on any atom is 0.189 e. The molecule has 1 rings (SSSR count). The Hall–Kier alpha value is -1.26. The Bertz CT molecular complexity index is 249. The van der Waals surface area contributed by atoms with Crippen molar-refractivity contribution in [3.05, 3.63) is 17.3 Å². The number of nitroso groups, excluding NO2 is 1. The topological polar surface area (TPSA) is 60.1 Å².